The Kier molecular flexibility index (Phi) is 4.07. The Balaban J connectivity index is 1.70. The van der Waals surface area contributed by atoms with Crippen LogP contribution in [0, 0.1) is 0 Å². The smallest absolute Gasteiger partial charge is 0.151 e. The molecule has 1 saturated carbocycles. The third-order valence-electron chi connectivity index (χ3n) is 3.55. The summed E-state index contributed by atoms with van der Waals surface area (Å²) >= 11 is 0. The van der Waals surface area contributed by atoms with Gasteiger partial charge in [-0.05, 0) is 26.3 Å². The summed E-state index contributed by atoms with van der Waals surface area (Å²) < 4.78 is 22.7. The summed E-state index contributed by atoms with van der Waals surface area (Å²) in [5, 5.41) is 13.1. The maximum Gasteiger partial charge on any atom is 0.151 e. The maximum absolute atomic E-state index is 11.4. The molecule has 2 unspecified atom stereocenters. The van der Waals surface area contributed by atoms with Crippen LogP contribution in [-0.4, -0.2) is 68.3 Å². The lowest BCUT2D eigenvalue weighted by atomic mass is 10.2. The van der Waals surface area contributed by atoms with Gasteiger partial charge in [-0.3, -0.25) is 4.90 Å². The van der Waals surface area contributed by atoms with Crippen molar-refractivity contribution in [2.24, 2.45) is 0 Å². The first-order valence-electron chi connectivity index (χ1n) is 6.28. The normalized spacial score (nSPS) is 29.7. The molecule has 2 aliphatic rings. The molecule has 2 rings (SSSR count). The first-order chi connectivity index (χ1) is 7.96. The van der Waals surface area contributed by atoms with Gasteiger partial charge in [0.1, 0.15) is 0 Å². The second-order valence-corrected chi connectivity index (χ2v) is 7.56. The van der Waals surface area contributed by atoms with Crippen LogP contribution >= 0.6 is 0 Å². The molecule has 1 saturated heterocycles. The van der Waals surface area contributed by atoms with E-state index in [-0.39, 0.29) is 11.8 Å². The molecule has 1 aliphatic carbocycles. The van der Waals surface area contributed by atoms with E-state index in [0.717, 1.165) is 0 Å². The molecule has 0 aromatic heterocycles. The van der Waals surface area contributed by atoms with Gasteiger partial charge >= 0.3 is 0 Å². The highest BCUT2D eigenvalue weighted by molar-refractivity contribution is 7.91. The highest BCUT2D eigenvalue weighted by atomic mass is 32.2. The average Bonchev–Trinajstić information content (AvgIpc) is 2.99. The third kappa shape index (κ3) is 4.21. The summed E-state index contributed by atoms with van der Waals surface area (Å²) in [5.41, 5.74) is 0. The Labute approximate surface area is 103 Å². The molecule has 100 valence electrons. The van der Waals surface area contributed by atoms with E-state index in [1.54, 1.807) is 0 Å². The summed E-state index contributed by atoms with van der Waals surface area (Å²) in [6, 6.07) is 0.678. The Morgan fingerprint density at radius 3 is 2.65 bits per heavy atom. The zero-order chi connectivity index (χ0) is 12.5. The number of sulfone groups is 1. The molecule has 0 spiro atoms. The van der Waals surface area contributed by atoms with Crippen LogP contribution in [0.3, 0.4) is 0 Å². The van der Waals surface area contributed by atoms with Crippen LogP contribution < -0.4 is 5.32 Å². The Bertz CT molecular complexity index is 354. The average molecular weight is 262 g/mol. The fourth-order valence-corrected chi connectivity index (χ4v) is 4.06. The summed E-state index contributed by atoms with van der Waals surface area (Å²) in [6.07, 6.45) is 2.71. The minimum Gasteiger partial charge on any atom is -0.390 e. The molecule has 0 aromatic carbocycles. The van der Waals surface area contributed by atoms with E-state index in [4.69, 9.17) is 0 Å². The highest BCUT2D eigenvalue weighted by Gasteiger charge is 2.31. The molecule has 0 radical (unpaired) electrons. The first kappa shape index (κ1) is 13.3. The molecule has 2 atom stereocenters. The van der Waals surface area contributed by atoms with E-state index in [9.17, 15) is 13.5 Å². The highest BCUT2D eigenvalue weighted by Crippen LogP contribution is 2.19. The van der Waals surface area contributed by atoms with Gasteiger partial charge in [0, 0.05) is 25.2 Å². The van der Waals surface area contributed by atoms with Crippen molar-refractivity contribution in [1.82, 2.24) is 10.2 Å². The van der Waals surface area contributed by atoms with Crippen LogP contribution in [0.2, 0.25) is 0 Å². The molecular formula is C11H22N2O3S. The van der Waals surface area contributed by atoms with Gasteiger partial charge in [0.25, 0.3) is 0 Å². The molecule has 5 nitrogen and oxygen atoms in total. The number of hydrogen-bond acceptors (Lipinski definition) is 5. The van der Waals surface area contributed by atoms with Crippen molar-refractivity contribution in [3.8, 4) is 0 Å². The molecule has 17 heavy (non-hydrogen) atoms. The summed E-state index contributed by atoms with van der Waals surface area (Å²) in [7, 11) is -0.936. The monoisotopic (exact) mass is 262 g/mol. The van der Waals surface area contributed by atoms with Crippen LogP contribution in [0.5, 0.6) is 0 Å². The SMILES string of the molecule is CN(CC(O)CNC1CC1)C1CCS(=O)(=O)C1. The van der Waals surface area contributed by atoms with Gasteiger partial charge in [0.15, 0.2) is 9.84 Å². The van der Waals surface area contributed by atoms with Crippen LogP contribution in [0.4, 0.5) is 0 Å². The van der Waals surface area contributed by atoms with Gasteiger partial charge in [-0.25, -0.2) is 8.42 Å². The van der Waals surface area contributed by atoms with Crippen molar-refractivity contribution in [3.63, 3.8) is 0 Å². The number of nitrogens with zero attached hydrogens (tertiary/aromatic N) is 1. The van der Waals surface area contributed by atoms with Crippen molar-refractivity contribution in [2.45, 2.75) is 37.5 Å². The molecule has 1 heterocycles. The van der Waals surface area contributed by atoms with Crippen LogP contribution in [0.25, 0.3) is 0 Å². The summed E-state index contributed by atoms with van der Waals surface area (Å²) in [5.74, 6) is 0.532. The zero-order valence-corrected chi connectivity index (χ0v) is 11.1. The standard InChI is InChI=1S/C11H22N2O3S/c1-13(10-4-5-17(15,16)8-10)7-11(14)6-12-9-2-3-9/h9-12,14H,2-8H2,1H3. The first-order valence-corrected chi connectivity index (χ1v) is 8.10. The lowest BCUT2D eigenvalue weighted by molar-refractivity contribution is 0.108. The summed E-state index contributed by atoms with van der Waals surface area (Å²) in [6.45, 7) is 1.15. The minimum atomic E-state index is -2.83. The molecule has 0 aromatic rings. The quantitative estimate of drug-likeness (QED) is 0.657. The van der Waals surface area contributed by atoms with Crippen LogP contribution in [-0.2, 0) is 9.84 Å². The number of aliphatic hydroxyl groups is 1. The Hall–Kier alpha value is -0.170. The van der Waals surface area contributed by atoms with Gasteiger partial charge in [-0.1, -0.05) is 0 Å². The third-order valence-corrected chi connectivity index (χ3v) is 5.30. The van der Waals surface area contributed by atoms with Gasteiger partial charge in [0.05, 0.1) is 17.6 Å². The molecular weight excluding hydrogens is 240 g/mol. The minimum absolute atomic E-state index is 0.0792. The molecule has 2 N–H and O–H groups in total. The fraction of sp³-hybridized carbons (Fsp3) is 1.00. The summed E-state index contributed by atoms with van der Waals surface area (Å²) in [4.78, 5) is 1.98. The number of nitrogens with one attached hydrogen (secondary N) is 1. The van der Waals surface area contributed by atoms with E-state index in [1.807, 2.05) is 11.9 Å². The van der Waals surface area contributed by atoms with Crippen LogP contribution in [0.15, 0.2) is 0 Å². The van der Waals surface area contributed by atoms with E-state index >= 15 is 0 Å². The van der Waals surface area contributed by atoms with E-state index in [0.29, 0.717) is 31.3 Å². The van der Waals surface area contributed by atoms with Crippen molar-refractivity contribution < 1.29 is 13.5 Å². The van der Waals surface area contributed by atoms with Crippen molar-refractivity contribution in [2.75, 3.05) is 31.6 Å². The second-order valence-electron chi connectivity index (χ2n) is 5.33. The maximum atomic E-state index is 11.4. The lowest BCUT2D eigenvalue weighted by Gasteiger charge is -2.25. The van der Waals surface area contributed by atoms with Gasteiger partial charge < -0.3 is 10.4 Å². The topological polar surface area (TPSA) is 69.6 Å². The Morgan fingerprint density at radius 1 is 1.41 bits per heavy atom. The number of hydrogen-bond donors (Lipinski definition) is 2. The molecule has 6 heteroatoms. The zero-order valence-electron chi connectivity index (χ0n) is 10.3. The predicted molar refractivity (Wildman–Crippen MR) is 66.7 cm³/mol. The van der Waals surface area contributed by atoms with Crippen LogP contribution in [0.1, 0.15) is 19.3 Å². The van der Waals surface area contributed by atoms with E-state index < -0.39 is 15.9 Å². The van der Waals surface area contributed by atoms with Gasteiger partial charge in [-0.2, -0.15) is 0 Å². The number of aliphatic hydroxyl groups excluding tert-OH is 1. The van der Waals surface area contributed by atoms with Gasteiger partial charge in [0.2, 0.25) is 0 Å². The molecule has 1 aliphatic heterocycles. The predicted octanol–water partition coefficient (Wildman–Crippen LogP) is -0.782. The number of likely N-dealkylation sites (N-methyl/N-ethyl adjacent to an activating group) is 1. The largest absolute Gasteiger partial charge is 0.390 e. The molecule has 2 fully saturated rings. The van der Waals surface area contributed by atoms with Crippen molar-refractivity contribution in [1.29, 1.82) is 0 Å². The fourth-order valence-electron chi connectivity index (χ4n) is 2.26. The molecule has 0 bridgehead atoms. The lowest BCUT2D eigenvalue weighted by Crippen LogP contribution is -2.42. The van der Waals surface area contributed by atoms with E-state index in [2.05, 4.69) is 5.32 Å². The second kappa shape index (κ2) is 5.22. The van der Waals surface area contributed by atoms with Crippen molar-refractivity contribution >= 4 is 9.84 Å². The Morgan fingerprint density at radius 2 is 2.12 bits per heavy atom. The number of rotatable bonds is 6. The van der Waals surface area contributed by atoms with Crippen molar-refractivity contribution in [3.05, 3.63) is 0 Å². The van der Waals surface area contributed by atoms with Gasteiger partial charge in [-0.15, -0.1) is 0 Å². The van der Waals surface area contributed by atoms with E-state index in [1.165, 1.54) is 12.8 Å². The molecule has 0 amide bonds.